The SMILES string of the molecule is Cc1ccc(N2CCN(CCC(c3ccccc3)c3ccccc3)CC2)cc1C(=O)N(C(C)C)C1CCCCC1. The minimum absolute atomic E-state index is 0.216. The Kier molecular flexibility index (Phi) is 9.59. The van der Waals surface area contributed by atoms with E-state index in [0.29, 0.717) is 12.0 Å². The van der Waals surface area contributed by atoms with Gasteiger partial charge >= 0.3 is 0 Å². The molecule has 0 N–H and O–H groups in total. The van der Waals surface area contributed by atoms with Crippen molar-refractivity contribution in [1.82, 2.24) is 9.80 Å². The van der Waals surface area contributed by atoms with Crippen LogP contribution in [0.1, 0.15) is 85.3 Å². The Hall–Kier alpha value is -3.11. The highest BCUT2D eigenvalue weighted by Gasteiger charge is 2.30. The number of hydrogen-bond donors (Lipinski definition) is 0. The number of amides is 1. The van der Waals surface area contributed by atoms with Crippen LogP contribution in [0.2, 0.25) is 0 Å². The van der Waals surface area contributed by atoms with E-state index in [9.17, 15) is 4.79 Å². The third-order valence-corrected chi connectivity index (χ3v) is 9.09. The molecule has 3 aromatic carbocycles. The Morgan fingerprint density at radius 1 is 0.825 bits per heavy atom. The van der Waals surface area contributed by atoms with Crippen molar-refractivity contribution in [2.75, 3.05) is 37.6 Å². The first-order valence-electron chi connectivity index (χ1n) is 15.5. The Labute approximate surface area is 242 Å². The lowest BCUT2D eigenvalue weighted by Crippen LogP contribution is -2.47. The Morgan fingerprint density at radius 2 is 1.43 bits per heavy atom. The lowest BCUT2D eigenvalue weighted by Gasteiger charge is -2.39. The fourth-order valence-corrected chi connectivity index (χ4v) is 6.80. The van der Waals surface area contributed by atoms with Crippen LogP contribution < -0.4 is 4.90 Å². The molecule has 2 fully saturated rings. The maximum atomic E-state index is 13.9. The van der Waals surface area contributed by atoms with Crippen molar-refractivity contribution in [3.63, 3.8) is 0 Å². The van der Waals surface area contributed by atoms with Crippen LogP contribution in [0.3, 0.4) is 0 Å². The van der Waals surface area contributed by atoms with Crippen molar-refractivity contribution >= 4 is 11.6 Å². The monoisotopic (exact) mass is 537 g/mol. The largest absolute Gasteiger partial charge is 0.369 e. The van der Waals surface area contributed by atoms with E-state index in [0.717, 1.165) is 63.1 Å². The second kappa shape index (κ2) is 13.5. The van der Waals surface area contributed by atoms with Crippen molar-refractivity contribution in [2.24, 2.45) is 0 Å². The molecule has 1 saturated heterocycles. The van der Waals surface area contributed by atoms with Gasteiger partial charge in [0.05, 0.1) is 0 Å². The molecule has 4 nitrogen and oxygen atoms in total. The number of benzene rings is 3. The second-order valence-corrected chi connectivity index (χ2v) is 12.1. The van der Waals surface area contributed by atoms with E-state index in [1.807, 2.05) is 0 Å². The lowest BCUT2D eigenvalue weighted by molar-refractivity contribution is 0.0554. The number of carbonyl (C=O) groups excluding carboxylic acids is 1. The summed E-state index contributed by atoms with van der Waals surface area (Å²) in [6.45, 7) is 11.6. The van der Waals surface area contributed by atoms with Crippen LogP contribution in [-0.2, 0) is 0 Å². The first kappa shape index (κ1) is 28.4. The fourth-order valence-electron chi connectivity index (χ4n) is 6.80. The number of piperazine rings is 1. The fraction of sp³-hybridized carbons (Fsp3) is 0.472. The molecule has 2 aliphatic rings. The molecule has 1 aliphatic heterocycles. The van der Waals surface area contributed by atoms with Gasteiger partial charge in [-0.05, 0) is 75.4 Å². The van der Waals surface area contributed by atoms with E-state index in [-0.39, 0.29) is 11.9 Å². The average molecular weight is 538 g/mol. The molecule has 1 aliphatic carbocycles. The van der Waals surface area contributed by atoms with E-state index >= 15 is 0 Å². The summed E-state index contributed by atoms with van der Waals surface area (Å²) in [5, 5.41) is 0. The predicted molar refractivity (Wildman–Crippen MR) is 167 cm³/mol. The van der Waals surface area contributed by atoms with Gasteiger partial charge in [-0.15, -0.1) is 0 Å². The maximum Gasteiger partial charge on any atom is 0.254 e. The molecule has 0 atom stereocenters. The molecule has 1 heterocycles. The van der Waals surface area contributed by atoms with Gasteiger partial charge < -0.3 is 9.80 Å². The number of carbonyl (C=O) groups is 1. The van der Waals surface area contributed by atoms with Crippen molar-refractivity contribution in [2.45, 2.75) is 77.3 Å². The first-order valence-corrected chi connectivity index (χ1v) is 15.5. The highest BCUT2D eigenvalue weighted by molar-refractivity contribution is 5.97. The molecular weight excluding hydrogens is 490 g/mol. The van der Waals surface area contributed by atoms with E-state index in [4.69, 9.17) is 0 Å². The van der Waals surface area contributed by atoms with Gasteiger partial charge in [-0.2, -0.15) is 0 Å². The van der Waals surface area contributed by atoms with Crippen LogP contribution >= 0.6 is 0 Å². The number of aryl methyl sites for hydroxylation is 1. The topological polar surface area (TPSA) is 26.8 Å². The minimum Gasteiger partial charge on any atom is -0.369 e. The zero-order valence-corrected chi connectivity index (χ0v) is 24.8. The van der Waals surface area contributed by atoms with E-state index < -0.39 is 0 Å². The van der Waals surface area contributed by atoms with Crippen LogP contribution in [0, 0.1) is 6.92 Å². The van der Waals surface area contributed by atoms with E-state index in [1.54, 1.807) is 0 Å². The third kappa shape index (κ3) is 6.78. The average Bonchev–Trinajstić information content (AvgIpc) is 2.99. The molecule has 0 spiro atoms. The molecule has 0 radical (unpaired) electrons. The van der Waals surface area contributed by atoms with Crippen LogP contribution in [0.5, 0.6) is 0 Å². The Morgan fingerprint density at radius 3 is 2.00 bits per heavy atom. The molecule has 4 heteroatoms. The van der Waals surface area contributed by atoms with Gasteiger partial charge in [-0.3, -0.25) is 9.69 Å². The molecule has 1 amide bonds. The Bertz CT molecular complexity index is 1170. The minimum atomic E-state index is 0.216. The van der Waals surface area contributed by atoms with Gasteiger partial charge in [0, 0.05) is 55.4 Å². The van der Waals surface area contributed by atoms with Gasteiger partial charge in [0.25, 0.3) is 5.91 Å². The van der Waals surface area contributed by atoms with Gasteiger partial charge in [0.1, 0.15) is 0 Å². The standard InChI is InChI=1S/C36H47N3O/c1-28(2)39(32-17-11-6-12-18-32)36(40)35-27-33(20-19-29(35)3)38-25-23-37(24-26-38)22-21-34(30-13-7-4-8-14-30)31-15-9-5-10-16-31/h4-5,7-10,13-16,19-20,27-28,32,34H,6,11-12,17-18,21-26H2,1-3H3. The second-order valence-electron chi connectivity index (χ2n) is 12.1. The van der Waals surface area contributed by atoms with Crippen LogP contribution in [0.4, 0.5) is 5.69 Å². The summed E-state index contributed by atoms with van der Waals surface area (Å²) in [7, 11) is 0. The highest BCUT2D eigenvalue weighted by Crippen LogP contribution is 2.30. The predicted octanol–water partition coefficient (Wildman–Crippen LogP) is 7.52. The van der Waals surface area contributed by atoms with Gasteiger partial charge in [-0.25, -0.2) is 0 Å². The summed E-state index contributed by atoms with van der Waals surface area (Å²) >= 11 is 0. The van der Waals surface area contributed by atoms with Crippen LogP contribution in [0.25, 0.3) is 0 Å². The summed E-state index contributed by atoms with van der Waals surface area (Å²) in [4.78, 5) is 21.1. The van der Waals surface area contributed by atoms with Gasteiger partial charge in [0.2, 0.25) is 0 Å². The lowest BCUT2D eigenvalue weighted by atomic mass is 9.88. The summed E-state index contributed by atoms with van der Waals surface area (Å²) < 4.78 is 0. The number of anilines is 1. The smallest absolute Gasteiger partial charge is 0.254 e. The van der Waals surface area contributed by atoms with Gasteiger partial charge in [0.15, 0.2) is 0 Å². The van der Waals surface area contributed by atoms with Crippen LogP contribution in [0.15, 0.2) is 78.9 Å². The molecule has 0 unspecified atom stereocenters. The third-order valence-electron chi connectivity index (χ3n) is 9.09. The first-order chi connectivity index (χ1) is 19.5. The molecule has 1 saturated carbocycles. The zero-order chi connectivity index (χ0) is 27.9. The molecule has 0 aromatic heterocycles. The maximum absolute atomic E-state index is 13.9. The van der Waals surface area contributed by atoms with Crippen molar-refractivity contribution in [3.05, 3.63) is 101 Å². The van der Waals surface area contributed by atoms with Crippen molar-refractivity contribution in [3.8, 4) is 0 Å². The highest BCUT2D eigenvalue weighted by atomic mass is 16.2. The van der Waals surface area contributed by atoms with Crippen LogP contribution in [-0.4, -0.2) is 60.5 Å². The van der Waals surface area contributed by atoms with Crippen molar-refractivity contribution in [1.29, 1.82) is 0 Å². The molecule has 5 rings (SSSR count). The molecule has 40 heavy (non-hydrogen) atoms. The molecule has 3 aromatic rings. The molecule has 0 bridgehead atoms. The summed E-state index contributed by atoms with van der Waals surface area (Å²) in [5.74, 6) is 0.631. The summed E-state index contributed by atoms with van der Waals surface area (Å²) in [6, 6.07) is 29.0. The van der Waals surface area contributed by atoms with E-state index in [2.05, 4.69) is 114 Å². The quantitative estimate of drug-likeness (QED) is 0.282. The molecule has 212 valence electrons. The summed E-state index contributed by atoms with van der Waals surface area (Å²) in [6.07, 6.45) is 7.17. The summed E-state index contributed by atoms with van der Waals surface area (Å²) in [5.41, 5.74) is 5.95. The normalized spacial score (nSPS) is 17.0. The number of rotatable bonds is 9. The van der Waals surface area contributed by atoms with Crippen molar-refractivity contribution < 1.29 is 4.79 Å². The van der Waals surface area contributed by atoms with E-state index in [1.165, 1.54) is 36.1 Å². The Balaban J connectivity index is 1.22. The number of nitrogens with zero attached hydrogens (tertiary/aromatic N) is 3. The zero-order valence-electron chi connectivity index (χ0n) is 24.8. The number of hydrogen-bond acceptors (Lipinski definition) is 3. The molecular formula is C36H47N3O. The van der Waals surface area contributed by atoms with Gasteiger partial charge in [-0.1, -0.05) is 86.0 Å².